The third-order valence-corrected chi connectivity index (χ3v) is 3.00. The Kier molecular flexibility index (Phi) is 4.13. The van der Waals surface area contributed by atoms with Crippen molar-refractivity contribution in [1.82, 2.24) is 10.9 Å². The normalized spacial score (nSPS) is 14.3. The summed E-state index contributed by atoms with van der Waals surface area (Å²) in [4.78, 5) is 11.9. The van der Waals surface area contributed by atoms with Crippen LogP contribution in [0, 0.1) is 11.2 Å². The van der Waals surface area contributed by atoms with Crippen LogP contribution in [0.2, 0.25) is 0 Å². The Balaban J connectivity index is 2.08. The molecule has 7 heteroatoms. The third kappa shape index (κ3) is 3.17. The van der Waals surface area contributed by atoms with Crippen LogP contribution in [0.1, 0.15) is 36.7 Å². The number of hydrogen-bond acceptors (Lipinski definition) is 4. The molecule has 5 nitrogen and oxygen atoms in total. The predicted octanol–water partition coefficient (Wildman–Crippen LogP) is 0.324. The minimum Gasteiger partial charge on any atom is -0.423 e. The molecule has 1 aliphatic heterocycles. The Bertz CT molecular complexity index is 531. The number of carbonyl (C=O) groups is 1. The van der Waals surface area contributed by atoms with Gasteiger partial charge < -0.3 is 9.68 Å². The van der Waals surface area contributed by atoms with Crippen LogP contribution < -0.4 is 16.3 Å². The molecule has 0 saturated carbocycles. The lowest BCUT2D eigenvalue weighted by molar-refractivity contribution is 0.0923. The zero-order valence-electron chi connectivity index (χ0n) is 11.8. The topological polar surface area (TPSA) is 70.6 Å². The van der Waals surface area contributed by atoms with E-state index in [-0.39, 0.29) is 23.1 Å². The van der Waals surface area contributed by atoms with Gasteiger partial charge in [0.2, 0.25) is 0 Å². The molecule has 20 heavy (non-hydrogen) atoms. The van der Waals surface area contributed by atoms with Crippen LogP contribution in [0.5, 0.6) is 0 Å². The lowest BCUT2D eigenvalue weighted by atomic mass is 9.79. The van der Waals surface area contributed by atoms with Gasteiger partial charge in [-0.2, -0.15) is 0 Å². The van der Waals surface area contributed by atoms with Gasteiger partial charge in [-0.15, -0.1) is 0 Å². The Labute approximate surface area is 117 Å². The van der Waals surface area contributed by atoms with Crippen LogP contribution in [0.25, 0.3) is 0 Å². The summed E-state index contributed by atoms with van der Waals surface area (Å²) in [6, 6.07) is 2.86. The summed E-state index contributed by atoms with van der Waals surface area (Å²) in [5.74, 6) is -1.19. The molecule has 0 aliphatic carbocycles. The maximum Gasteiger partial charge on any atom is 0.491 e. The molecular weight excluding hydrogens is 262 g/mol. The molecule has 1 aliphatic rings. The van der Waals surface area contributed by atoms with E-state index in [1.165, 1.54) is 12.1 Å². The van der Waals surface area contributed by atoms with Gasteiger partial charge in [-0.25, -0.2) is 9.82 Å². The number of benzene rings is 1. The van der Waals surface area contributed by atoms with Gasteiger partial charge in [0.25, 0.3) is 5.91 Å². The first-order chi connectivity index (χ1) is 9.29. The first-order valence-electron chi connectivity index (χ1n) is 6.44. The monoisotopic (exact) mass is 280 g/mol. The van der Waals surface area contributed by atoms with Gasteiger partial charge >= 0.3 is 7.12 Å². The highest BCUT2D eigenvalue weighted by molar-refractivity contribution is 6.61. The molecular formula is C13H18BFN2O3. The SMILES string of the molecule is CC(C)(C)CNNC(=O)c1ccc2c(c1F)COB2O. The van der Waals surface area contributed by atoms with Crippen LogP contribution in [-0.2, 0) is 11.3 Å². The van der Waals surface area contributed by atoms with Gasteiger partial charge in [-0.1, -0.05) is 26.8 Å². The second kappa shape index (κ2) is 5.51. The van der Waals surface area contributed by atoms with Gasteiger partial charge in [0.1, 0.15) is 5.82 Å². The Morgan fingerprint density at radius 2 is 2.20 bits per heavy atom. The molecule has 1 heterocycles. The average Bonchev–Trinajstić information content (AvgIpc) is 2.71. The zero-order valence-corrected chi connectivity index (χ0v) is 11.8. The molecule has 108 valence electrons. The molecule has 1 aromatic rings. The third-order valence-electron chi connectivity index (χ3n) is 3.00. The van der Waals surface area contributed by atoms with Crippen LogP contribution in [0.4, 0.5) is 4.39 Å². The Morgan fingerprint density at radius 1 is 1.50 bits per heavy atom. The molecule has 3 N–H and O–H groups in total. The van der Waals surface area contributed by atoms with Gasteiger partial charge in [0.15, 0.2) is 0 Å². The second-order valence-electron chi connectivity index (χ2n) is 6.03. The molecule has 1 aromatic carbocycles. The standard InChI is InChI=1S/C13H18BFN2O3/c1-13(2,3)7-16-17-12(18)8-4-5-10-9(11(8)15)6-20-14(10)19/h4-5,16,19H,6-7H2,1-3H3,(H,17,18). The summed E-state index contributed by atoms with van der Waals surface area (Å²) < 4.78 is 19.1. The number of nitrogens with one attached hydrogen (secondary N) is 2. The molecule has 0 saturated heterocycles. The Morgan fingerprint density at radius 3 is 2.85 bits per heavy atom. The summed E-state index contributed by atoms with van der Waals surface area (Å²) in [7, 11) is -1.12. The minimum atomic E-state index is -1.12. The van der Waals surface area contributed by atoms with Crippen LogP contribution in [0.15, 0.2) is 12.1 Å². The molecule has 1 amide bonds. The first-order valence-corrected chi connectivity index (χ1v) is 6.44. The van der Waals surface area contributed by atoms with Crippen molar-refractivity contribution in [3.63, 3.8) is 0 Å². The number of fused-ring (bicyclic) bond motifs is 1. The summed E-state index contributed by atoms with van der Waals surface area (Å²) in [5.41, 5.74) is 5.80. The van der Waals surface area contributed by atoms with Crippen molar-refractivity contribution >= 4 is 18.5 Å². The maximum atomic E-state index is 14.2. The average molecular weight is 280 g/mol. The first kappa shape index (κ1) is 15.0. The number of carbonyl (C=O) groups excluding carboxylic acids is 1. The van der Waals surface area contributed by atoms with Crippen molar-refractivity contribution in [2.24, 2.45) is 5.41 Å². The molecule has 0 atom stereocenters. The lowest BCUT2D eigenvalue weighted by Crippen LogP contribution is -2.42. The number of rotatable bonds is 3. The predicted molar refractivity (Wildman–Crippen MR) is 73.7 cm³/mol. The van der Waals surface area contributed by atoms with Crippen molar-refractivity contribution in [3.05, 3.63) is 29.1 Å². The van der Waals surface area contributed by atoms with E-state index in [4.69, 9.17) is 4.65 Å². The van der Waals surface area contributed by atoms with Crippen molar-refractivity contribution in [3.8, 4) is 0 Å². The quantitative estimate of drug-likeness (QED) is 0.551. The highest BCUT2D eigenvalue weighted by atomic mass is 19.1. The lowest BCUT2D eigenvalue weighted by Gasteiger charge is -2.19. The fourth-order valence-corrected chi connectivity index (χ4v) is 1.90. The molecule has 0 radical (unpaired) electrons. The van der Waals surface area contributed by atoms with Crippen molar-refractivity contribution in [2.45, 2.75) is 27.4 Å². The molecule has 0 bridgehead atoms. The summed E-state index contributed by atoms with van der Waals surface area (Å²) in [6.45, 7) is 6.58. The maximum absolute atomic E-state index is 14.2. The summed E-state index contributed by atoms with van der Waals surface area (Å²) in [5, 5.41) is 9.46. The summed E-state index contributed by atoms with van der Waals surface area (Å²) in [6.07, 6.45) is 0. The smallest absolute Gasteiger partial charge is 0.423 e. The van der Waals surface area contributed by atoms with Gasteiger partial charge in [-0.05, 0) is 16.9 Å². The highest BCUT2D eigenvalue weighted by Crippen LogP contribution is 2.17. The van der Waals surface area contributed by atoms with Crippen LogP contribution in [0.3, 0.4) is 0 Å². The van der Waals surface area contributed by atoms with E-state index in [2.05, 4.69) is 10.9 Å². The van der Waals surface area contributed by atoms with Crippen molar-refractivity contribution in [1.29, 1.82) is 0 Å². The number of halogens is 1. The van der Waals surface area contributed by atoms with Crippen LogP contribution in [-0.4, -0.2) is 24.6 Å². The second-order valence-corrected chi connectivity index (χ2v) is 6.03. The van der Waals surface area contributed by atoms with Gasteiger partial charge in [0.05, 0.1) is 12.2 Å². The molecule has 0 spiro atoms. The summed E-state index contributed by atoms with van der Waals surface area (Å²) >= 11 is 0. The fourth-order valence-electron chi connectivity index (χ4n) is 1.90. The Hall–Kier alpha value is -1.44. The number of hydrogen-bond donors (Lipinski definition) is 3. The van der Waals surface area contributed by atoms with Gasteiger partial charge in [-0.3, -0.25) is 10.2 Å². The molecule has 0 unspecified atom stereocenters. The van der Waals surface area contributed by atoms with Crippen molar-refractivity contribution < 1.29 is 18.9 Å². The van der Waals surface area contributed by atoms with E-state index in [1.54, 1.807) is 0 Å². The number of amides is 1. The highest BCUT2D eigenvalue weighted by Gasteiger charge is 2.31. The zero-order chi connectivity index (χ0) is 14.9. The van der Waals surface area contributed by atoms with Crippen molar-refractivity contribution in [2.75, 3.05) is 6.54 Å². The largest absolute Gasteiger partial charge is 0.491 e. The van der Waals surface area contributed by atoms with E-state index in [1.807, 2.05) is 20.8 Å². The number of hydrazine groups is 1. The van der Waals surface area contributed by atoms with E-state index >= 15 is 0 Å². The van der Waals surface area contributed by atoms with E-state index < -0.39 is 18.8 Å². The molecule has 0 fully saturated rings. The van der Waals surface area contributed by atoms with Gasteiger partial charge in [0, 0.05) is 12.1 Å². The minimum absolute atomic E-state index is 0.00170. The molecule has 2 rings (SSSR count). The molecule has 0 aromatic heterocycles. The van der Waals surface area contributed by atoms with Crippen LogP contribution >= 0.6 is 0 Å². The van der Waals surface area contributed by atoms with E-state index in [0.717, 1.165) is 0 Å². The van der Waals surface area contributed by atoms with E-state index in [0.29, 0.717) is 12.0 Å². The fraction of sp³-hybridized carbons (Fsp3) is 0.462. The van der Waals surface area contributed by atoms with E-state index in [9.17, 15) is 14.2 Å².